The number of aromatic carboxylic acids is 2. The normalized spacial score (nSPS) is 18.2. The van der Waals surface area contributed by atoms with Gasteiger partial charge in [-0.2, -0.15) is 10.5 Å². The number of aromatic amines is 1. The molecule has 1 aliphatic heterocycles. The maximum absolute atomic E-state index is 12.9. The maximum atomic E-state index is 12.9. The molecule has 40 heavy (non-hydrogen) atoms. The number of nitrogens with zero attached hydrogens (tertiary/aromatic N) is 5. The Bertz CT molecular complexity index is 1430. The quantitative estimate of drug-likeness (QED) is 0.327. The highest BCUT2D eigenvalue weighted by molar-refractivity contribution is 5.89. The predicted molar refractivity (Wildman–Crippen MR) is 141 cm³/mol. The van der Waals surface area contributed by atoms with E-state index in [2.05, 4.69) is 32.0 Å². The van der Waals surface area contributed by atoms with Crippen LogP contribution in [0.25, 0.3) is 0 Å². The van der Waals surface area contributed by atoms with Crippen molar-refractivity contribution in [3.05, 3.63) is 75.6 Å². The second-order valence-electron chi connectivity index (χ2n) is 10.4. The van der Waals surface area contributed by atoms with E-state index in [1.807, 2.05) is 6.92 Å². The molecule has 2 atom stereocenters. The lowest BCUT2D eigenvalue weighted by atomic mass is 9.68. The Morgan fingerprint density at radius 3 is 2.27 bits per heavy atom. The number of carboxylic acids is 2. The number of hydrogen-bond donors (Lipinski definition) is 4. The number of carbonyl (C=O) groups is 3. The summed E-state index contributed by atoms with van der Waals surface area (Å²) < 4.78 is 0. The number of tetrazole rings is 1. The molecule has 0 radical (unpaired) electrons. The molecule has 1 fully saturated rings. The van der Waals surface area contributed by atoms with Crippen LogP contribution in [0.15, 0.2) is 36.4 Å². The number of nitrogens with one attached hydrogen (secondary N) is 2. The molecular formula is C28H29N7O5. The van der Waals surface area contributed by atoms with Gasteiger partial charge in [0, 0.05) is 12.6 Å². The summed E-state index contributed by atoms with van der Waals surface area (Å²) in [6.07, 6.45) is 2.79. The van der Waals surface area contributed by atoms with E-state index in [-0.39, 0.29) is 29.6 Å². The first-order valence-corrected chi connectivity index (χ1v) is 13.1. The van der Waals surface area contributed by atoms with Crippen molar-refractivity contribution in [3.8, 4) is 6.07 Å². The highest BCUT2D eigenvalue weighted by Gasteiger charge is 2.46. The van der Waals surface area contributed by atoms with Gasteiger partial charge in [0.25, 0.3) is 0 Å². The third kappa shape index (κ3) is 4.80. The third-order valence-electron chi connectivity index (χ3n) is 7.95. The van der Waals surface area contributed by atoms with E-state index in [9.17, 15) is 29.9 Å². The molecule has 206 valence electrons. The summed E-state index contributed by atoms with van der Waals surface area (Å²) in [4.78, 5) is 38.2. The molecule has 0 saturated carbocycles. The second-order valence-corrected chi connectivity index (χ2v) is 10.4. The molecule has 1 amide bonds. The van der Waals surface area contributed by atoms with Gasteiger partial charge in [0.2, 0.25) is 5.91 Å². The van der Waals surface area contributed by atoms with Crippen LogP contribution in [0.3, 0.4) is 0 Å². The number of carbonyl (C=O) groups excluding carboxylic acids is 1. The zero-order valence-electron chi connectivity index (χ0n) is 21.9. The third-order valence-corrected chi connectivity index (χ3v) is 7.95. The second kappa shape index (κ2) is 10.9. The van der Waals surface area contributed by atoms with Crippen molar-refractivity contribution in [2.24, 2.45) is 0 Å². The Balaban J connectivity index is 1.58. The van der Waals surface area contributed by atoms with Gasteiger partial charge in [-0.05, 0) is 85.5 Å². The van der Waals surface area contributed by atoms with E-state index in [0.29, 0.717) is 38.1 Å². The van der Waals surface area contributed by atoms with Gasteiger partial charge in [-0.25, -0.2) is 9.59 Å². The van der Waals surface area contributed by atoms with Gasteiger partial charge < -0.3 is 20.4 Å². The summed E-state index contributed by atoms with van der Waals surface area (Å²) >= 11 is 0. The number of fused-ring (bicyclic) bond motifs is 2. The number of aryl methyl sites for hydroxylation is 2. The molecule has 2 heterocycles. The largest absolute Gasteiger partial charge is 0.478 e. The van der Waals surface area contributed by atoms with Crippen LogP contribution in [0, 0.1) is 11.3 Å². The molecular weight excluding hydrogens is 514 g/mol. The first kappa shape index (κ1) is 27.0. The molecule has 1 saturated heterocycles. The molecule has 3 aromatic rings. The lowest BCUT2D eigenvalue weighted by molar-refractivity contribution is -0.130. The molecule has 1 unspecified atom stereocenters. The number of carboxylic acid groups (broad SMARTS) is 2. The van der Waals surface area contributed by atoms with E-state index in [1.165, 1.54) is 0 Å². The number of H-pyrrole nitrogens is 1. The number of rotatable bonds is 8. The van der Waals surface area contributed by atoms with Crippen molar-refractivity contribution in [3.63, 3.8) is 0 Å². The van der Waals surface area contributed by atoms with Crippen LogP contribution in [0.2, 0.25) is 0 Å². The van der Waals surface area contributed by atoms with Crippen molar-refractivity contribution in [1.29, 1.82) is 5.26 Å². The minimum absolute atomic E-state index is 0.0390. The van der Waals surface area contributed by atoms with Crippen molar-refractivity contribution >= 4 is 17.8 Å². The van der Waals surface area contributed by atoms with Crippen molar-refractivity contribution < 1.29 is 24.6 Å². The van der Waals surface area contributed by atoms with E-state index in [0.717, 1.165) is 28.7 Å². The van der Waals surface area contributed by atoms with E-state index >= 15 is 0 Å². The lowest BCUT2D eigenvalue weighted by Gasteiger charge is -2.36. The summed E-state index contributed by atoms with van der Waals surface area (Å²) in [5.41, 5.74) is 2.43. The SMILES string of the molecule is CC(CC1(c2nn[nH]n2)c2ccc(C(=O)O)cc2CCc2cc(C(=O)O)ccc21)NCC(=O)N1CCC[C@H]1C#N. The van der Waals surface area contributed by atoms with Crippen LogP contribution in [0.5, 0.6) is 0 Å². The average Bonchev–Trinajstić information content (AvgIpc) is 3.64. The lowest BCUT2D eigenvalue weighted by Crippen LogP contribution is -2.45. The van der Waals surface area contributed by atoms with Crippen molar-refractivity contribution in [1.82, 2.24) is 30.8 Å². The highest BCUT2D eigenvalue weighted by atomic mass is 16.4. The summed E-state index contributed by atoms with van der Waals surface area (Å²) in [5, 5.41) is 47.1. The maximum Gasteiger partial charge on any atom is 0.335 e. The molecule has 1 aromatic heterocycles. The zero-order chi connectivity index (χ0) is 28.4. The predicted octanol–water partition coefficient (Wildman–Crippen LogP) is 1.91. The zero-order valence-corrected chi connectivity index (χ0v) is 21.9. The van der Waals surface area contributed by atoms with Gasteiger partial charge in [0.05, 0.1) is 29.2 Å². The van der Waals surface area contributed by atoms with E-state index < -0.39 is 23.4 Å². The van der Waals surface area contributed by atoms with Crippen molar-refractivity contribution in [2.45, 2.75) is 56.5 Å². The van der Waals surface area contributed by atoms with E-state index in [1.54, 1.807) is 41.3 Å². The fourth-order valence-corrected chi connectivity index (χ4v) is 6.10. The number of likely N-dealkylation sites (tertiary alicyclic amines) is 1. The molecule has 1 aliphatic carbocycles. The molecule has 0 bridgehead atoms. The minimum atomic E-state index is -1.05. The van der Waals surface area contributed by atoms with Crippen LogP contribution in [0.4, 0.5) is 0 Å². The Labute approximate surface area is 230 Å². The molecule has 12 nitrogen and oxygen atoms in total. The van der Waals surface area contributed by atoms with Gasteiger partial charge in [-0.3, -0.25) is 4.79 Å². The standard InChI is InChI=1S/C28H29N7O5/c1-16(30-15-24(36)35-10-2-3-21(35)14-29)13-28(27-31-33-34-32-27)22-8-6-19(25(37)38)11-17(22)4-5-18-12-20(26(39)40)7-9-23(18)28/h6-9,11-12,16,21,30H,2-5,10,13,15H2,1H3,(H,37,38)(H,39,40)(H,31,32,33,34)/t16?,21-/m0/s1. The number of aromatic nitrogens is 4. The van der Waals surface area contributed by atoms with Gasteiger partial charge in [0.15, 0.2) is 5.82 Å². The van der Waals surface area contributed by atoms with Crippen molar-refractivity contribution in [2.75, 3.05) is 13.1 Å². The first-order valence-electron chi connectivity index (χ1n) is 13.1. The Hall–Kier alpha value is -4.63. The molecule has 4 N–H and O–H groups in total. The summed E-state index contributed by atoms with van der Waals surface area (Å²) in [6, 6.07) is 11.4. The van der Waals surface area contributed by atoms with E-state index in [4.69, 9.17) is 0 Å². The van der Waals surface area contributed by atoms with Gasteiger partial charge in [0.1, 0.15) is 6.04 Å². The number of hydrogen-bond acceptors (Lipinski definition) is 8. The summed E-state index contributed by atoms with van der Waals surface area (Å²) in [5.74, 6) is -1.89. The Kier molecular flexibility index (Phi) is 7.32. The molecule has 12 heteroatoms. The molecule has 2 aromatic carbocycles. The number of amides is 1. The topological polar surface area (TPSA) is 185 Å². The monoisotopic (exact) mass is 543 g/mol. The Morgan fingerprint density at radius 1 is 1.12 bits per heavy atom. The minimum Gasteiger partial charge on any atom is -0.478 e. The van der Waals surface area contributed by atoms with Gasteiger partial charge >= 0.3 is 11.9 Å². The summed E-state index contributed by atoms with van der Waals surface area (Å²) in [6.45, 7) is 2.53. The fourth-order valence-electron chi connectivity index (χ4n) is 6.10. The highest BCUT2D eigenvalue weighted by Crippen LogP contribution is 2.46. The molecule has 5 rings (SSSR count). The van der Waals surface area contributed by atoms with Crippen LogP contribution >= 0.6 is 0 Å². The number of benzene rings is 2. The van der Waals surface area contributed by atoms with Crippen LogP contribution in [0.1, 0.15) is 75.0 Å². The smallest absolute Gasteiger partial charge is 0.335 e. The van der Waals surface area contributed by atoms with Gasteiger partial charge in [-0.15, -0.1) is 10.2 Å². The molecule has 2 aliphatic rings. The number of nitriles is 1. The van der Waals surface area contributed by atoms with Crippen LogP contribution < -0.4 is 5.32 Å². The molecule has 0 spiro atoms. The average molecular weight is 544 g/mol. The fraction of sp³-hybridized carbons (Fsp3) is 0.393. The van der Waals surface area contributed by atoms with Crippen LogP contribution in [-0.4, -0.2) is 78.8 Å². The van der Waals surface area contributed by atoms with Gasteiger partial charge in [-0.1, -0.05) is 17.3 Å². The van der Waals surface area contributed by atoms with Crippen LogP contribution in [-0.2, 0) is 23.1 Å². The first-order chi connectivity index (χ1) is 19.2. The summed E-state index contributed by atoms with van der Waals surface area (Å²) in [7, 11) is 0. The Morgan fingerprint density at radius 2 is 1.75 bits per heavy atom.